The molecule has 0 aliphatic carbocycles. The molecule has 1 amide bonds. The van der Waals surface area contributed by atoms with E-state index in [-0.39, 0.29) is 5.91 Å². The molecule has 3 heterocycles. The summed E-state index contributed by atoms with van der Waals surface area (Å²) >= 11 is 0. The number of nitrogens with zero attached hydrogens (tertiary/aromatic N) is 5. The molecule has 0 saturated carbocycles. The summed E-state index contributed by atoms with van der Waals surface area (Å²) < 4.78 is 1.81. The van der Waals surface area contributed by atoms with E-state index >= 15 is 0 Å². The highest BCUT2D eigenvalue weighted by atomic mass is 16.2. The molecule has 0 unspecified atom stereocenters. The van der Waals surface area contributed by atoms with Crippen molar-refractivity contribution in [2.75, 3.05) is 13.1 Å². The summed E-state index contributed by atoms with van der Waals surface area (Å²) in [5.41, 5.74) is 2.84. The number of amides is 1. The minimum absolute atomic E-state index is 0.156. The lowest BCUT2D eigenvalue weighted by Crippen LogP contribution is -2.26. The molecule has 1 fully saturated rings. The molecule has 21 heavy (non-hydrogen) atoms. The smallest absolute Gasteiger partial charge is 0.219 e. The molecule has 1 saturated heterocycles. The van der Waals surface area contributed by atoms with E-state index in [0.29, 0.717) is 5.92 Å². The Morgan fingerprint density at radius 3 is 2.81 bits per heavy atom. The monoisotopic (exact) mass is 285 g/mol. The van der Waals surface area contributed by atoms with Gasteiger partial charge in [0.2, 0.25) is 5.91 Å². The van der Waals surface area contributed by atoms with Gasteiger partial charge in [0.25, 0.3) is 0 Å². The van der Waals surface area contributed by atoms with Crippen molar-refractivity contribution in [3.8, 4) is 11.4 Å². The van der Waals surface area contributed by atoms with Crippen LogP contribution in [0.2, 0.25) is 0 Å². The Kier molecular flexibility index (Phi) is 3.68. The van der Waals surface area contributed by atoms with Crippen molar-refractivity contribution >= 4 is 5.91 Å². The number of hydrogen-bond donors (Lipinski definition) is 0. The molecule has 2 aromatic rings. The molecule has 2 aromatic heterocycles. The predicted octanol–water partition coefficient (Wildman–Crippen LogP) is 1.29. The van der Waals surface area contributed by atoms with Gasteiger partial charge in [0, 0.05) is 45.7 Å². The number of hydrogen-bond acceptors (Lipinski definition) is 4. The molecule has 110 valence electrons. The third-order valence-corrected chi connectivity index (χ3v) is 4.05. The summed E-state index contributed by atoms with van der Waals surface area (Å²) in [7, 11) is 1.90. The van der Waals surface area contributed by atoms with Crippen LogP contribution in [-0.4, -0.2) is 43.6 Å². The maximum Gasteiger partial charge on any atom is 0.219 e. The van der Waals surface area contributed by atoms with E-state index in [1.807, 2.05) is 22.7 Å². The van der Waals surface area contributed by atoms with Crippen LogP contribution in [0.1, 0.15) is 19.0 Å². The van der Waals surface area contributed by atoms with Gasteiger partial charge in [-0.25, -0.2) is 0 Å². The zero-order valence-electron chi connectivity index (χ0n) is 12.4. The van der Waals surface area contributed by atoms with Gasteiger partial charge in [-0.05, 0) is 24.8 Å². The van der Waals surface area contributed by atoms with Crippen LogP contribution in [0.3, 0.4) is 0 Å². The lowest BCUT2D eigenvalue weighted by atomic mass is 10.0. The second-order valence-electron chi connectivity index (χ2n) is 5.52. The van der Waals surface area contributed by atoms with Crippen LogP contribution in [0.4, 0.5) is 0 Å². The summed E-state index contributed by atoms with van der Waals surface area (Å²) in [5, 5.41) is 4.20. The third kappa shape index (κ3) is 2.79. The van der Waals surface area contributed by atoms with Gasteiger partial charge >= 0.3 is 0 Å². The topological polar surface area (TPSA) is 63.9 Å². The molecule has 1 aliphatic heterocycles. The number of rotatable bonds is 3. The molecule has 0 N–H and O–H groups in total. The number of likely N-dealkylation sites (tertiary alicyclic amines) is 1. The SMILES string of the molecule is CC(=O)N1CC[C@@H](Cc2nccnc2-c2ccnn2C)C1. The van der Waals surface area contributed by atoms with Crippen LogP contribution in [-0.2, 0) is 18.3 Å². The zero-order chi connectivity index (χ0) is 14.8. The molecule has 0 spiro atoms. The first-order chi connectivity index (χ1) is 10.1. The van der Waals surface area contributed by atoms with Crippen molar-refractivity contribution in [3.05, 3.63) is 30.4 Å². The summed E-state index contributed by atoms with van der Waals surface area (Å²) in [4.78, 5) is 22.3. The highest BCUT2D eigenvalue weighted by Crippen LogP contribution is 2.25. The number of aryl methyl sites for hydroxylation is 1. The van der Waals surface area contributed by atoms with Crippen LogP contribution in [0.15, 0.2) is 24.7 Å². The van der Waals surface area contributed by atoms with Gasteiger partial charge in [0.05, 0.1) is 11.4 Å². The van der Waals surface area contributed by atoms with E-state index < -0.39 is 0 Å². The molecule has 3 rings (SSSR count). The summed E-state index contributed by atoms with van der Waals surface area (Å²) in [6.07, 6.45) is 7.08. The van der Waals surface area contributed by atoms with Crippen molar-refractivity contribution in [1.82, 2.24) is 24.6 Å². The Morgan fingerprint density at radius 2 is 2.14 bits per heavy atom. The van der Waals surface area contributed by atoms with Crippen molar-refractivity contribution in [2.45, 2.75) is 19.8 Å². The van der Waals surface area contributed by atoms with Gasteiger partial charge < -0.3 is 4.90 Å². The van der Waals surface area contributed by atoms with E-state index in [9.17, 15) is 4.79 Å². The van der Waals surface area contributed by atoms with Gasteiger partial charge in [0.1, 0.15) is 5.69 Å². The number of aromatic nitrogens is 4. The second-order valence-corrected chi connectivity index (χ2v) is 5.52. The Labute approximate surface area is 123 Å². The Balaban J connectivity index is 1.81. The largest absolute Gasteiger partial charge is 0.343 e. The van der Waals surface area contributed by atoms with Gasteiger partial charge in [0.15, 0.2) is 0 Å². The zero-order valence-corrected chi connectivity index (χ0v) is 12.4. The van der Waals surface area contributed by atoms with Gasteiger partial charge in [-0.3, -0.25) is 19.4 Å². The average molecular weight is 285 g/mol. The quantitative estimate of drug-likeness (QED) is 0.852. The summed E-state index contributed by atoms with van der Waals surface area (Å²) in [6, 6.07) is 1.95. The van der Waals surface area contributed by atoms with E-state index in [0.717, 1.165) is 43.0 Å². The van der Waals surface area contributed by atoms with Gasteiger partial charge in [-0.1, -0.05) is 0 Å². The van der Waals surface area contributed by atoms with Crippen molar-refractivity contribution < 1.29 is 4.79 Å². The van der Waals surface area contributed by atoms with Crippen LogP contribution < -0.4 is 0 Å². The van der Waals surface area contributed by atoms with Crippen LogP contribution in [0.25, 0.3) is 11.4 Å². The molecule has 0 bridgehead atoms. The van der Waals surface area contributed by atoms with Crippen molar-refractivity contribution in [3.63, 3.8) is 0 Å². The van der Waals surface area contributed by atoms with Gasteiger partial charge in [-0.15, -0.1) is 0 Å². The Bertz CT molecular complexity index is 651. The molecular weight excluding hydrogens is 266 g/mol. The van der Waals surface area contributed by atoms with Crippen LogP contribution >= 0.6 is 0 Å². The second kappa shape index (κ2) is 5.63. The molecule has 0 aromatic carbocycles. The van der Waals surface area contributed by atoms with E-state index in [1.165, 1.54) is 0 Å². The highest BCUT2D eigenvalue weighted by molar-refractivity contribution is 5.73. The lowest BCUT2D eigenvalue weighted by molar-refractivity contribution is -0.127. The summed E-state index contributed by atoms with van der Waals surface area (Å²) in [5.74, 6) is 0.612. The fourth-order valence-corrected chi connectivity index (χ4v) is 2.90. The third-order valence-electron chi connectivity index (χ3n) is 4.05. The fraction of sp³-hybridized carbons (Fsp3) is 0.467. The summed E-state index contributed by atoms with van der Waals surface area (Å²) in [6.45, 7) is 3.30. The maximum absolute atomic E-state index is 11.4. The first-order valence-electron chi connectivity index (χ1n) is 7.19. The van der Waals surface area contributed by atoms with E-state index in [1.54, 1.807) is 25.5 Å². The fourth-order valence-electron chi connectivity index (χ4n) is 2.90. The standard InChI is InChI=1S/C15H19N5O/c1-11(21)20-8-4-12(10-20)9-13-15(17-7-6-16-13)14-3-5-18-19(14)2/h3,5-7,12H,4,8-10H2,1-2H3/t12-/m0/s1. The molecule has 6 heteroatoms. The van der Waals surface area contributed by atoms with Crippen molar-refractivity contribution in [2.24, 2.45) is 13.0 Å². The number of carbonyl (C=O) groups excluding carboxylic acids is 1. The number of carbonyl (C=O) groups is 1. The minimum atomic E-state index is 0.156. The average Bonchev–Trinajstić information content (AvgIpc) is 3.09. The normalized spacial score (nSPS) is 18.2. The van der Waals surface area contributed by atoms with E-state index in [2.05, 4.69) is 15.1 Å². The first-order valence-corrected chi connectivity index (χ1v) is 7.19. The lowest BCUT2D eigenvalue weighted by Gasteiger charge is -2.14. The Morgan fingerprint density at radius 1 is 1.33 bits per heavy atom. The highest BCUT2D eigenvalue weighted by Gasteiger charge is 2.26. The maximum atomic E-state index is 11.4. The van der Waals surface area contributed by atoms with E-state index in [4.69, 9.17) is 0 Å². The first kappa shape index (κ1) is 13.7. The minimum Gasteiger partial charge on any atom is -0.343 e. The van der Waals surface area contributed by atoms with Crippen molar-refractivity contribution in [1.29, 1.82) is 0 Å². The predicted molar refractivity (Wildman–Crippen MR) is 78.3 cm³/mol. The molecule has 0 radical (unpaired) electrons. The molecule has 1 atom stereocenters. The van der Waals surface area contributed by atoms with Crippen LogP contribution in [0.5, 0.6) is 0 Å². The molecular formula is C15H19N5O. The van der Waals surface area contributed by atoms with Crippen LogP contribution in [0, 0.1) is 5.92 Å². The molecule has 1 aliphatic rings. The molecule has 6 nitrogen and oxygen atoms in total. The Hall–Kier alpha value is -2.24. The van der Waals surface area contributed by atoms with Gasteiger partial charge in [-0.2, -0.15) is 5.10 Å².